The van der Waals surface area contributed by atoms with Gasteiger partial charge in [-0.25, -0.2) is 0 Å². The third kappa shape index (κ3) is 4.32. The van der Waals surface area contributed by atoms with Crippen molar-refractivity contribution in [1.82, 2.24) is 0 Å². The Morgan fingerprint density at radius 1 is 1.40 bits per heavy atom. The first kappa shape index (κ1) is 13.9. The molecule has 0 fully saturated rings. The first-order valence-electron chi connectivity index (χ1n) is 4.52. The van der Waals surface area contributed by atoms with E-state index in [0.29, 0.717) is 0 Å². The average Bonchev–Trinajstić information content (AvgIpc) is 2.18. The van der Waals surface area contributed by atoms with Gasteiger partial charge in [0.2, 0.25) is 0 Å². The Morgan fingerprint density at radius 3 is 2.40 bits per heavy atom. The number of ether oxygens (including phenoxy) is 1. The van der Waals surface area contributed by atoms with E-state index >= 15 is 0 Å². The molecule has 1 aromatic rings. The lowest BCUT2D eigenvalue weighted by Crippen LogP contribution is -2.16. The first-order valence-corrected chi connectivity index (χ1v) is 4.52. The minimum absolute atomic E-state index is 0. The quantitative estimate of drug-likeness (QED) is 0.807. The largest absolute Gasteiger partial charge is 0.469 e. The van der Waals surface area contributed by atoms with Gasteiger partial charge in [-0.05, 0) is 12.5 Å². The zero-order valence-corrected chi connectivity index (χ0v) is 9.71. The van der Waals surface area contributed by atoms with Crippen molar-refractivity contribution in [3.05, 3.63) is 35.4 Å². The number of benzene rings is 1. The molecule has 1 atom stereocenters. The maximum absolute atomic E-state index is 11.0. The molecule has 1 aromatic carbocycles. The van der Waals surface area contributed by atoms with E-state index in [9.17, 15) is 4.79 Å². The molecule has 0 aliphatic carbocycles. The molecule has 1 rings (SSSR count). The third-order valence-electron chi connectivity index (χ3n) is 2.12. The standard InChI is InChI=1S/C11H15NO2.ClH/c1-8-3-5-9(6-4-8)10(12)7-11(13)14-2;/h3-6,10H,7,12H2,1-2H3;1H. The Bertz CT molecular complexity index is 311. The van der Waals surface area contributed by atoms with Gasteiger partial charge in [0.25, 0.3) is 0 Å². The van der Waals surface area contributed by atoms with E-state index in [1.165, 1.54) is 12.7 Å². The molecule has 0 saturated heterocycles. The maximum Gasteiger partial charge on any atom is 0.307 e. The number of aryl methyl sites for hydroxylation is 1. The summed E-state index contributed by atoms with van der Waals surface area (Å²) in [6, 6.07) is 7.55. The van der Waals surface area contributed by atoms with E-state index in [0.717, 1.165) is 5.56 Å². The predicted octanol–water partition coefficient (Wildman–Crippen LogP) is 1.98. The number of methoxy groups -OCH3 is 1. The van der Waals surface area contributed by atoms with Crippen LogP contribution in [-0.4, -0.2) is 13.1 Å². The average molecular weight is 230 g/mol. The van der Waals surface area contributed by atoms with Crippen LogP contribution in [0.15, 0.2) is 24.3 Å². The Morgan fingerprint density at radius 2 is 1.93 bits per heavy atom. The molecule has 0 aliphatic heterocycles. The first-order chi connectivity index (χ1) is 6.63. The highest BCUT2D eigenvalue weighted by molar-refractivity contribution is 5.85. The zero-order chi connectivity index (χ0) is 10.6. The summed E-state index contributed by atoms with van der Waals surface area (Å²) in [4.78, 5) is 11.0. The molecule has 0 spiro atoms. The van der Waals surface area contributed by atoms with E-state index in [4.69, 9.17) is 5.73 Å². The highest BCUT2D eigenvalue weighted by Gasteiger charge is 2.10. The summed E-state index contributed by atoms with van der Waals surface area (Å²) in [5, 5.41) is 0. The van der Waals surface area contributed by atoms with Gasteiger partial charge in [-0.3, -0.25) is 4.79 Å². The second-order valence-electron chi connectivity index (χ2n) is 3.30. The van der Waals surface area contributed by atoms with Crippen LogP contribution in [0.4, 0.5) is 0 Å². The van der Waals surface area contributed by atoms with Gasteiger partial charge in [0, 0.05) is 6.04 Å². The minimum atomic E-state index is -0.280. The number of halogens is 1. The van der Waals surface area contributed by atoms with Crippen molar-refractivity contribution >= 4 is 18.4 Å². The summed E-state index contributed by atoms with van der Waals surface area (Å²) in [6.45, 7) is 2.01. The number of rotatable bonds is 3. The molecular weight excluding hydrogens is 214 g/mol. The van der Waals surface area contributed by atoms with Crippen LogP contribution < -0.4 is 5.73 Å². The Hall–Kier alpha value is -1.06. The summed E-state index contributed by atoms with van der Waals surface area (Å²) >= 11 is 0. The molecule has 1 unspecified atom stereocenters. The summed E-state index contributed by atoms with van der Waals surface area (Å²) < 4.78 is 4.55. The van der Waals surface area contributed by atoms with Crippen LogP contribution in [0.25, 0.3) is 0 Å². The molecule has 0 heterocycles. The molecule has 0 bridgehead atoms. The smallest absolute Gasteiger partial charge is 0.307 e. The van der Waals surface area contributed by atoms with Gasteiger partial charge in [-0.1, -0.05) is 29.8 Å². The van der Waals surface area contributed by atoms with Crippen LogP contribution >= 0.6 is 12.4 Å². The Kier molecular flexibility index (Phi) is 5.97. The highest BCUT2D eigenvalue weighted by atomic mass is 35.5. The molecule has 0 saturated carbocycles. The molecule has 0 aromatic heterocycles. The van der Waals surface area contributed by atoms with Crippen LogP contribution in [0.1, 0.15) is 23.6 Å². The van der Waals surface area contributed by atoms with Crippen molar-refractivity contribution in [2.24, 2.45) is 5.73 Å². The van der Waals surface area contributed by atoms with Crippen molar-refractivity contribution < 1.29 is 9.53 Å². The van der Waals surface area contributed by atoms with Gasteiger partial charge in [0.05, 0.1) is 13.5 Å². The van der Waals surface area contributed by atoms with Crippen molar-refractivity contribution in [3.63, 3.8) is 0 Å². The van der Waals surface area contributed by atoms with Gasteiger partial charge in [-0.2, -0.15) is 0 Å². The predicted molar refractivity (Wildman–Crippen MR) is 62.0 cm³/mol. The van der Waals surface area contributed by atoms with Gasteiger partial charge in [-0.15, -0.1) is 12.4 Å². The molecule has 84 valence electrons. The zero-order valence-electron chi connectivity index (χ0n) is 8.90. The number of carbonyl (C=O) groups is 1. The molecule has 2 N–H and O–H groups in total. The summed E-state index contributed by atoms with van der Waals surface area (Å²) in [5.74, 6) is -0.280. The number of carbonyl (C=O) groups excluding carboxylic acids is 1. The van der Waals surface area contributed by atoms with E-state index in [-0.39, 0.29) is 30.8 Å². The van der Waals surface area contributed by atoms with E-state index < -0.39 is 0 Å². The number of esters is 1. The third-order valence-corrected chi connectivity index (χ3v) is 2.12. The summed E-state index contributed by atoms with van der Waals surface area (Å²) in [5.41, 5.74) is 7.96. The van der Waals surface area contributed by atoms with Crippen molar-refractivity contribution in [2.45, 2.75) is 19.4 Å². The number of hydrogen-bond acceptors (Lipinski definition) is 3. The fraction of sp³-hybridized carbons (Fsp3) is 0.364. The lowest BCUT2D eigenvalue weighted by Gasteiger charge is -2.10. The van der Waals surface area contributed by atoms with Crippen molar-refractivity contribution in [2.75, 3.05) is 7.11 Å². The normalized spacial score (nSPS) is 11.4. The second kappa shape index (κ2) is 6.43. The molecule has 0 amide bonds. The molecule has 15 heavy (non-hydrogen) atoms. The summed E-state index contributed by atoms with van der Waals surface area (Å²) in [7, 11) is 1.37. The fourth-order valence-corrected chi connectivity index (χ4v) is 1.19. The van der Waals surface area contributed by atoms with Crippen LogP contribution in [0.5, 0.6) is 0 Å². The van der Waals surface area contributed by atoms with E-state index in [1.54, 1.807) is 0 Å². The number of nitrogens with two attached hydrogens (primary N) is 1. The highest BCUT2D eigenvalue weighted by Crippen LogP contribution is 2.14. The molecule has 4 heteroatoms. The fourth-order valence-electron chi connectivity index (χ4n) is 1.19. The van der Waals surface area contributed by atoms with Crippen LogP contribution in [0.2, 0.25) is 0 Å². The molecule has 3 nitrogen and oxygen atoms in total. The van der Waals surface area contributed by atoms with Crippen molar-refractivity contribution in [1.29, 1.82) is 0 Å². The van der Waals surface area contributed by atoms with Gasteiger partial charge in [0.1, 0.15) is 0 Å². The van der Waals surface area contributed by atoms with Crippen LogP contribution in [0, 0.1) is 6.92 Å². The van der Waals surface area contributed by atoms with Crippen molar-refractivity contribution in [3.8, 4) is 0 Å². The van der Waals surface area contributed by atoms with Gasteiger partial charge < -0.3 is 10.5 Å². The lowest BCUT2D eigenvalue weighted by molar-refractivity contribution is -0.141. The Labute approximate surface area is 96.0 Å². The van der Waals surface area contributed by atoms with Gasteiger partial charge in [0.15, 0.2) is 0 Å². The monoisotopic (exact) mass is 229 g/mol. The SMILES string of the molecule is COC(=O)CC(N)c1ccc(C)cc1.Cl. The Balaban J connectivity index is 0.00000196. The summed E-state index contributed by atoms with van der Waals surface area (Å²) in [6.07, 6.45) is 0.222. The van der Waals surface area contributed by atoms with Gasteiger partial charge >= 0.3 is 5.97 Å². The maximum atomic E-state index is 11.0. The van der Waals surface area contributed by atoms with E-state index in [2.05, 4.69) is 4.74 Å². The minimum Gasteiger partial charge on any atom is -0.469 e. The van der Waals surface area contributed by atoms with Crippen LogP contribution in [-0.2, 0) is 9.53 Å². The van der Waals surface area contributed by atoms with Crippen LogP contribution in [0.3, 0.4) is 0 Å². The molecule has 0 radical (unpaired) electrons. The lowest BCUT2D eigenvalue weighted by atomic mass is 10.0. The molecular formula is C11H16ClNO2. The molecule has 0 aliphatic rings. The second-order valence-corrected chi connectivity index (χ2v) is 3.30. The topological polar surface area (TPSA) is 52.3 Å². The van der Waals surface area contributed by atoms with E-state index in [1.807, 2.05) is 31.2 Å². The number of hydrogen-bond donors (Lipinski definition) is 1.